The first-order chi connectivity index (χ1) is 12.1. The lowest BCUT2D eigenvalue weighted by Gasteiger charge is -2.43. The fourth-order valence-corrected chi connectivity index (χ4v) is 4.68. The molecule has 1 aliphatic heterocycles. The van der Waals surface area contributed by atoms with Crippen LogP contribution >= 0.6 is 11.3 Å². The Morgan fingerprint density at radius 1 is 1.42 bits per heavy atom. The Hall–Kier alpha value is -2.59. The third kappa shape index (κ3) is 3.01. The van der Waals surface area contributed by atoms with Crippen LogP contribution in [0.5, 0.6) is 0 Å². The lowest BCUT2D eigenvalue weighted by atomic mass is 9.70. The number of hydrazine groups is 1. The number of allylic oxidation sites excluding steroid dienone is 3. The Morgan fingerprint density at radius 2 is 2.12 bits per heavy atom. The molecule has 1 aromatic heterocycles. The van der Waals surface area contributed by atoms with E-state index in [9.17, 15) is 14.9 Å². The predicted molar refractivity (Wildman–Crippen MR) is 99.3 cm³/mol. The third-order valence-electron chi connectivity index (χ3n) is 4.70. The average molecular weight is 370 g/mol. The smallest absolute Gasteiger partial charge is 0.235 e. The Kier molecular flexibility index (Phi) is 4.41. The highest BCUT2D eigenvalue weighted by Gasteiger charge is 2.45. The summed E-state index contributed by atoms with van der Waals surface area (Å²) in [6, 6.07) is 6.09. The number of carbonyl (C=O) groups is 2. The number of hydrogen-bond donors (Lipinski definition) is 2. The molecule has 0 saturated heterocycles. The molecule has 7 heteroatoms. The normalized spacial score (nSPS) is 22.2. The number of nitriles is 1. The molecular weight excluding hydrogens is 348 g/mol. The zero-order chi connectivity index (χ0) is 19.2. The van der Waals surface area contributed by atoms with Crippen molar-refractivity contribution in [3.63, 3.8) is 0 Å². The fraction of sp³-hybridized carbons (Fsp3) is 0.421. The molecule has 0 spiro atoms. The van der Waals surface area contributed by atoms with Crippen LogP contribution in [-0.4, -0.2) is 16.7 Å². The van der Waals surface area contributed by atoms with E-state index in [2.05, 4.69) is 11.5 Å². The van der Waals surface area contributed by atoms with Crippen LogP contribution in [0.25, 0.3) is 0 Å². The number of amides is 1. The van der Waals surface area contributed by atoms with Crippen LogP contribution in [0.1, 0.15) is 49.3 Å². The van der Waals surface area contributed by atoms with E-state index in [0.29, 0.717) is 29.7 Å². The molecule has 0 fully saturated rings. The molecule has 1 amide bonds. The number of ketones is 1. The van der Waals surface area contributed by atoms with Gasteiger partial charge in [-0.3, -0.25) is 15.0 Å². The molecule has 0 saturated carbocycles. The molecule has 2 heterocycles. The first-order valence-corrected chi connectivity index (χ1v) is 9.26. The van der Waals surface area contributed by atoms with E-state index in [1.54, 1.807) is 11.3 Å². The minimum atomic E-state index is -0.470. The zero-order valence-electron chi connectivity index (χ0n) is 15.3. The molecule has 3 rings (SSSR count). The lowest BCUT2D eigenvalue weighted by Crippen LogP contribution is -2.49. The number of rotatable bonds is 2. The summed E-state index contributed by atoms with van der Waals surface area (Å²) in [5.41, 5.74) is 10.3. The monoisotopic (exact) mass is 370 g/mol. The molecule has 1 aromatic rings. The van der Waals surface area contributed by atoms with Gasteiger partial charge in [0.05, 0.1) is 23.3 Å². The van der Waals surface area contributed by atoms with Crippen LogP contribution in [0.4, 0.5) is 0 Å². The van der Waals surface area contributed by atoms with Gasteiger partial charge in [-0.15, -0.1) is 11.3 Å². The van der Waals surface area contributed by atoms with Crippen LogP contribution in [-0.2, 0) is 9.59 Å². The number of nitrogens with two attached hydrogens (primary N) is 1. The van der Waals surface area contributed by atoms with Gasteiger partial charge in [0.15, 0.2) is 5.78 Å². The largest absolute Gasteiger partial charge is 0.383 e. The summed E-state index contributed by atoms with van der Waals surface area (Å²) >= 11 is 1.56. The summed E-state index contributed by atoms with van der Waals surface area (Å²) in [5.74, 6) is -0.591. The third-order valence-corrected chi connectivity index (χ3v) is 5.76. The second-order valence-electron chi connectivity index (χ2n) is 7.60. The maximum atomic E-state index is 13.1. The van der Waals surface area contributed by atoms with E-state index >= 15 is 0 Å². The van der Waals surface area contributed by atoms with Gasteiger partial charge < -0.3 is 5.73 Å². The second-order valence-corrected chi connectivity index (χ2v) is 8.92. The highest BCUT2D eigenvalue weighted by molar-refractivity contribution is 7.12. The lowest BCUT2D eigenvalue weighted by molar-refractivity contribution is -0.123. The Bertz CT molecular complexity index is 901. The topological polar surface area (TPSA) is 99.2 Å². The minimum Gasteiger partial charge on any atom is -0.383 e. The van der Waals surface area contributed by atoms with E-state index < -0.39 is 5.92 Å². The average Bonchev–Trinajstić information content (AvgIpc) is 2.94. The van der Waals surface area contributed by atoms with Gasteiger partial charge in [-0.2, -0.15) is 5.26 Å². The molecule has 136 valence electrons. The van der Waals surface area contributed by atoms with Gasteiger partial charge in [0.1, 0.15) is 5.82 Å². The number of nitrogens with one attached hydrogen (secondary N) is 1. The number of carbonyl (C=O) groups excluding carboxylic acids is 2. The first kappa shape index (κ1) is 18.2. The minimum absolute atomic E-state index is 0.00269. The highest BCUT2D eigenvalue weighted by atomic mass is 32.1. The van der Waals surface area contributed by atoms with E-state index in [1.807, 2.05) is 32.9 Å². The molecule has 0 radical (unpaired) electrons. The maximum Gasteiger partial charge on any atom is 0.235 e. The molecule has 0 bridgehead atoms. The quantitative estimate of drug-likeness (QED) is 0.834. The molecule has 2 aliphatic rings. The Balaban J connectivity index is 2.25. The second kappa shape index (κ2) is 6.29. The number of thiophene rings is 1. The molecule has 1 atom stereocenters. The van der Waals surface area contributed by atoms with E-state index in [1.165, 1.54) is 11.9 Å². The summed E-state index contributed by atoms with van der Waals surface area (Å²) in [6.07, 6.45) is 0.994. The van der Waals surface area contributed by atoms with Crippen molar-refractivity contribution in [1.29, 1.82) is 5.26 Å². The number of hydrogen-bond acceptors (Lipinski definition) is 6. The predicted octanol–water partition coefficient (Wildman–Crippen LogP) is 2.84. The van der Waals surface area contributed by atoms with Crippen molar-refractivity contribution in [3.8, 4) is 6.07 Å². The zero-order valence-corrected chi connectivity index (χ0v) is 16.2. The maximum absolute atomic E-state index is 13.1. The van der Waals surface area contributed by atoms with E-state index in [0.717, 1.165) is 9.75 Å². The molecule has 1 unspecified atom stereocenters. The fourth-order valence-electron chi connectivity index (χ4n) is 3.69. The van der Waals surface area contributed by atoms with E-state index in [4.69, 9.17) is 5.73 Å². The SMILES string of the molecule is CC(=O)NN1C(N)=C(C#N)C(c2ccc(C)s2)C2=C1CC(C)(C)CC2=O. The van der Waals surface area contributed by atoms with Gasteiger partial charge in [-0.05, 0) is 30.9 Å². The van der Waals surface area contributed by atoms with Crippen molar-refractivity contribution < 1.29 is 9.59 Å². The Morgan fingerprint density at radius 3 is 2.65 bits per heavy atom. The summed E-state index contributed by atoms with van der Waals surface area (Å²) in [7, 11) is 0. The van der Waals surface area contributed by atoms with Crippen molar-refractivity contribution in [3.05, 3.63) is 44.6 Å². The van der Waals surface area contributed by atoms with Crippen molar-refractivity contribution in [2.45, 2.75) is 46.5 Å². The van der Waals surface area contributed by atoms with Gasteiger partial charge >= 0.3 is 0 Å². The van der Waals surface area contributed by atoms with Gasteiger partial charge in [-0.1, -0.05) is 13.8 Å². The van der Waals surface area contributed by atoms with Crippen molar-refractivity contribution in [2.75, 3.05) is 0 Å². The summed E-state index contributed by atoms with van der Waals surface area (Å²) in [6.45, 7) is 7.40. The summed E-state index contributed by atoms with van der Waals surface area (Å²) in [5, 5.41) is 11.2. The van der Waals surface area contributed by atoms with Gasteiger partial charge in [0.25, 0.3) is 0 Å². The van der Waals surface area contributed by atoms with Crippen LogP contribution in [0.3, 0.4) is 0 Å². The van der Waals surface area contributed by atoms with Crippen molar-refractivity contribution in [2.24, 2.45) is 11.1 Å². The highest BCUT2D eigenvalue weighted by Crippen LogP contribution is 2.49. The van der Waals surface area contributed by atoms with Crippen LogP contribution < -0.4 is 11.2 Å². The van der Waals surface area contributed by atoms with Crippen molar-refractivity contribution >= 4 is 23.0 Å². The van der Waals surface area contributed by atoms with Crippen LogP contribution in [0.15, 0.2) is 34.8 Å². The number of aryl methyl sites for hydroxylation is 1. The molecule has 6 nitrogen and oxygen atoms in total. The van der Waals surface area contributed by atoms with E-state index in [-0.39, 0.29) is 22.9 Å². The standard InChI is InChI=1S/C19H22N4O2S/c1-10-5-6-15(26-10)16-12(9-20)18(21)23(22-11(2)24)13-7-19(3,4)8-14(25)17(13)16/h5-6,16H,7-8,21H2,1-4H3,(H,22,24). The number of nitrogens with zero attached hydrogens (tertiary/aromatic N) is 2. The number of Topliss-reactive ketones (excluding diaryl/α,β-unsaturated/α-hetero) is 1. The van der Waals surface area contributed by atoms with Gasteiger partial charge in [0, 0.05) is 28.7 Å². The summed E-state index contributed by atoms with van der Waals surface area (Å²) < 4.78 is 0. The molecule has 1 aliphatic carbocycles. The first-order valence-electron chi connectivity index (χ1n) is 8.44. The van der Waals surface area contributed by atoms with Crippen LogP contribution in [0, 0.1) is 23.7 Å². The van der Waals surface area contributed by atoms with Gasteiger partial charge in [0.2, 0.25) is 5.91 Å². The molecule has 0 aromatic carbocycles. The Labute approximate surface area is 156 Å². The van der Waals surface area contributed by atoms with Gasteiger partial charge in [-0.25, -0.2) is 5.01 Å². The molecular formula is C19H22N4O2S. The molecule has 26 heavy (non-hydrogen) atoms. The summed E-state index contributed by atoms with van der Waals surface area (Å²) in [4.78, 5) is 26.8. The van der Waals surface area contributed by atoms with Crippen LogP contribution in [0.2, 0.25) is 0 Å². The molecule has 3 N–H and O–H groups in total. The van der Waals surface area contributed by atoms with Crippen molar-refractivity contribution in [1.82, 2.24) is 10.4 Å².